The molecule has 1 aliphatic heterocycles. The van der Waals surface area contributed by atoms with Gasteiger partial charge in [0.05, 0.1) is 11.7 Å². The summed E-state index contributed by atoms with van der Waals surface area (Å²) in [5, 5.41) is 9.01. The summed E-state index contributed by atoms with van der Waals surface area (Å²) < 4.78 is 10.8. The van der Waals surface area contributed by atoms with E-state index < -0.39 is 5.97 Å². The fourth-order valence-electron chi connectivity index (χ4n) is 2.65. The molecule has 0 aliphatic carbocycles. The van der Waals surface area contributed by atoms with Gasteiger partial charge in [0.2, 0.25) is 0 Å². The predicted molar refractivity (Wildman–Crippen MR) is 84.8 cm³/mol. The molecule has 1 aromatic carbocycles. The summed E-state index contributed by atoms with van der Waals surface area (Å²) in [4.78, 5) is 25.2. The maximum atomic E-state index is 12.5. The number of aromatic carboxylic acids is 1. The summed E-state index contributed by atoms with van der Waals surface area (Å²) in [6.07, 6.45) is 2.66. The van der Waals surface area contributed by atoms with Crippen molar-refractivity contribution in [3.05, 3.63) is 35.4 Å². The Morgan fingerprint density at radius 2 is 1.91 bits per heavy atom. The minimum Gasteiger partial charge on any atom is -0.478 e. The van der Waals surface area contributed by atoms with E-state index in [2.05, 4.69) is 0 Å². The molecule has 6 nitrogen and oxygen atoms in total. The zero-order chi connectivity index (χ0) is 16.7. The van der Waals surface area contributed by atoms with Crippen LogP contribution in [0.2, 0.25) is 0 Å². The Balaban J connectivity index is 1.84. The van der Waals surface area contributed by atoms with Gasteiger partial charge in [0.1, 0.15) is 0 Å². The van der Waals surface area contributed by atoms with Crippen LogP contribution in [0.1, 0.15) is 40.0 Å². The summed E-state index contributed by atoms with van der Waals surface area (Å²) in [5.41, 5.74) is 0.552. The topological polar surface area (TPSA) is 76.1 Å². The average Bonchev–Trinajstić information content (AvgIpc) is 2.59. The second kappa shape index (κ2) is 8.64. The van der Waals surface area contributed by atoms with Gasteiger partial charge in [-0.15, -0.1) is 0 Å². The summed E-state index contributed by atoms with van der Waals surface area (Å²) in [5.74, 6) is -1.14. The SMILES string of the molecule is COCCCOC1CCN(C(=O)c2cccc(C(=O)O)c2)CC1. The van der Waals surface area contributed by atoms with Gasteiger partial charge >= 0.3 is 5.97 Å². The molecule has 1 saturated heterocycles. The first-order valence-corrected chi connectivity index (χ1v) is 7.85. The van der Waals surface area contributed by atoms with Crippen molar-refractivity contribution in [2.45, 2.75) is 25.4 Å². The lowest BCUT2D eigenvalue weighted by Crippen LogP contribution is -2.41. The monoisotopic (exact) mass is 321 g/mol. The molecule has 0 unspecified atom stereocenters. The molecule has 1 aromatic rings. The third-order valence-corrected chi connectivity index (χ3v) is 3.93. The molecule has 23 heavy (non-hydrogen) atoms. The van der Waals surface area contributed by atoms with Crippen LogP contribution in [0.15, 0.2) is 24.3 Å². The number of likely N-dealkylation sites (tertiary alicyclic amines) is 1. The summed E-state index contributed by atoms with van der Waals surface area (Å²) in [7, 11) is 1.67. The summed E-state index contributed by atoms with van der Waals surface area (Å²) >= 11 is 0. The largest absolute Gasteiger partial charge is 0.478 e. The second-order valence-electron chi connectivity index (χ2n) is 5.59. The fraction of sp³-hybridized carbons (Fsp3) is 0.529. The molecule has 1 amide bonds. The molecule has 0 radical (unpaired) electrons. The number of hydrogen-bond donors (Lipinski definition) is 1. The number of rotatable bonds is 7. The lowest BCUT2D eigenvalue weighted by Gasteiger charge is -2.32. The maximum absolute atomic E-state index is 12.5. The van der Waals surface area contributed by atoms with Crippen LogP contribution in [0.25, 0.3) is 0 Å². The number of hydrogen-bond acceptors (Lipinski definition) is 4. The molecule has 0 saturated carbocycles. The van der Waals surface area contributed by atoms with Gasteiger partial charge in [-0.2, -0.15) is 0 Å². The van der Waals surface area contributed by atoms with Crippen molar-refractivity contribution < 1.29 is 24.2 Å². The van der Waals surface area contributed by atoms with Crippen LogP contribution < -0.4 is 0 Å². The van der Waals surface area contributed by atoms with E-state index in [0.29, 0.717) is 31.9 Å². The van der Waals surface area contributed by atoms with E-state index in [0.717, 1.165) is 19.3 Å². The lowest BCUT2D eigenvalue weighted by molar-refractivity contribution is 0.00189. The van der Waals surface area contributed by atoms with Gasteiger partial charge < -0.3 is 19.5 Å². The van der Waals surface area contributed by atoms with Crippen LogP contribution in [-0.4, -0.2) is 61.4 Å². The van der Waals surface area contributed by atoms with E-state index in [-0.39, 0.29) is 17.6 Å². The van der Waals surface area contributed by atoms with Crippen molar-refractivity contribution in [2.75, 3.05) is 33.4 Å². The zero-order valence-corrected chi connectivity index (χ0v) is 13.4. The zero-order valence-electron chi connectivity index (χ0n) is 13.4. The van der Waals surface area contributed by atoms with Crippen LogP contribution in [0.5, 0.6) is 0 Å². The van der Waals surface area contributed by atoms with E-state index >= 15 is 0 Å². The van der Waals surface area contributed by atoms with Crippen LogP contribution in [0.3, 0.4) is 0 Å². The number of ether oxygens (including phenoxy) is 2. The number of methoxy groups -OCH3 is 1. The number of nitrogens with zero attached hydrogens (tertiary/aromatic N) is 1. The highest BCUT2D eigenvalue weighted by Gasteiger charge is 2.24. The molecule has 1 aliphatic rings. The van der Waals surface area contributed by atoms with Crippen LogP contribution in [0, 0.1) is 0 Å². The van der Waals surface area contributed by atoms with Gasteiger partial charge in [0.25, 0.3) is 5.91 Å². The number of piperidine rings is 1. The molecule has 0 bridgehead atoms. The highest BCUT2D eigenvalue weighted by Crippen LogP contribution is 2.17. The van der Waals surface area contributed by atoms with Gasteiger partial charge in [0.15, 0.2) is 0 Å². The van der Waals surface area contributed by atoms with Crippen molar-refractivity contribution in [1.82, 2.24) is 4.90 Å². The van der Waals surface area contributed by atoms with Crippen molar-refractivity contribution in [1.29, 1.82) is 0 Å². The van der Waals surface area contributed by atoms with Gasteiger partial charge in [-0.3, -0.25) is 4.79 Å². The highest BCUT2D eigenvalue weighted by molar-refractivity contribution is 5.97. The van der Waals surface area contributed by atoms with Crippen molar-refractivity contribution >= 4 is 11.9 Å². The average molecular weight is 321 g/mol. The summed E-state index contributed by atoms with van der Waals surface area (Å²) in [6, 6.07) is 6.17. The first kappa shape index (κ1) is 17.4. The standard InChI is InChI=1S/C17H23NO5/c1-22-10-3-11-23-15-6-8-18(9-7-15)16(19)13-4-2-5-14(12-13)17(20)21/h2,4-5,12,15H,3,6-11H2,1H3,(H,20,21). The normalized spacial score (nSPS) is 15.6. The molecule has 0 atom stereocenters. The minimum atomic E-state index is -1.03. The predicted octanol–water partition coefficient (Wildman–Crippen LogP) is 2.04. The number of carboxylic acid groups (broad SMARTS) is 1. The first-order chi connectivity index (χ1) is 11.1. The third kappa shape index (κ3) is 5.04. The first-order valence-electron chi connectivity index (χ1n) is 7.85. The van der Waals surface area contributed by atoms with Crippen LogP contribution >= 0.6 is 0 Å². The van der Waals surface area contributed by atoms with E-state index in [1.54, 1.807) is 24.1 Å². The van der Waals surface area contributed by atoms with Crippen molar-refractivity contribution in [3.63, 3.8) is 0 Å². The molecular weight excluding hydrogens is 298 g/mol. The van der Waals surface area contributed by atoms with E-state index in [1.165, 1.54) is 12.1 Å². The lowest BCUT2D eigenvalue weighted by atomic mass is 10.0. The molecule has 126 valence electrons. The number of benzene rings is 1. The molecule has 0 aromatic heterocycles. The number of carbonyl (C=O) groups excluding carboxylic acids is 1. The second-order valence-corrected chi connectivity index (χ2v) is 5.59. The highest BCUT2D eigenvalue weighted by atomic mass is 16.5. The quantitative estimate of drug-likeness (QED) is 0.778. The van der Waals surface area contributed by atoms with Gasteiger partial charge in [-0.05, 0) is 37.5 Å². The summed E-state index contributed by atoms with van der Waals surface area (Å²) in [6.45, 7) is 2.63. The Labute approximate surface area is 136 Å². The molecule has 1 heterocycles. The van der Waals surface area contributed by atoms with E-state index in [1.807, 2.05) is 0 Å². The Kier molecular flexibility index (Phi) is 6.55. The molecule has 1 N–H and O–H groups in total. The van der Waals surface area contributed by atoms with Crippen molar-refractivity contribution in [3.8, 4) is 0 Å². The fourth-order valence-corrected chi connectivity index (χ4v) is 2.65. The third-order valence-electron chi connectivity index (χ3n) is 3.93. The molecule has 6 heteroatoms. The smallest absolute Gasteiger partial charge is 0.335 e. The number of carboxylic acids is 1. The van der Waals surface area contributed by atoms with Gasteiger partial charge in [0, 0.05) is 39.0 Å². The maximum Gasteiger partial charge on any atom is 0.335 e. The minimum absolute atomic E-state index is 0.120. The molecule has 1 fully saturated rings. The number of amides is 1. The van der Waals surface area contributed by atoms with Crippen molar-refractivity contribution in [2.24, 2.45) is 0 Å². The Morgan fingerprint density at radius 3 is 2.57 bits per heavy atom. The van der Waals surface area contributed by atoms with Crippen LogP contribution in [0.4, 0.5) is 0 Å². The Hall–Kier alpha value is -1.92. The molecule has 2 rings (SSSR count). The van der Waals surface area contributed by atoms with E-state index in [4.69, 9.17) is 14.6 Å². The van der Waals surface area contributed by atoms with Gasteiger partial charge in [-0.1, -0.05) is 6.07 Å². The molecular formula is C17H23NO5. The van der Waals surface area contributed by atoms with Gasteiger partial charge in [-0.25, -0.2) is 4.79 Å². The Morgan fingerprint density at radius 1 is 1.22 bits per heavy atom. The van der Waals surface area contributed by atoms with Crippen LogP contribution in [-0.2, 0) is 9.47 Å². The molecule has 0 spiro atoms. The number of carbonyl (C=O) groups is 2. The Bertz CT molecular complexity index is 538. The van der Waals surface area contributed by atoms with E-state index in [9.17, 15) is 9.59 Å².